The topological polar surface area (TPSA) is 68.5 Å². The highest BCUT2D eigenvalue weighted by Crippen LogP contribution is 2.28. The van der Waals surface area contributed by atoms with Crippen molar-refractivity contribution in [2.45, 2.75) is 6.54 Å². The first-order chi connectivity index (χ1) is 10.1. The highest BCUT2D eigenvalue weighted by Gasteiger charge is 2.16. The van der Waals surface area contributed by atoms with E-state index < -0.39 is 11.5 Å². The van der Waals surface area contributed by atoms with Crippen molar-refractivity contribution in [3.05, 3.63) is 65.0 Å². The van der Waals surface area contributed by atoms with Crippen LogP contribution in [0.4, 0.5) is 0 Å². The van der Waals surface area contributed by atoms with Crippen LogP contribution >= 0.6 is 0 Å². The Bertz CT molecular complexity index is 746. The van der Waals surface area contributed by atoms with Crippen LogP contribution in [0.15, 0.2) is 53.8 Å². The standard InChI is InChI=1S/C16H15NO4/c1-3-10-17-13(9-8-12(15(17)18)16(19)20)11-6-4-5-7-14(11)21-2/h3-9H,1,10H2,2H3,(H,19,20). The molecule has 2 aromatic rings. The van der Waals surface area contributed by atoms with Gasteiger partial charge in [0.25, 0.3) is 5.56 Å². The molecule has 0 aliphatic carbocycles. The van der Waals surface area contributed by atoms with Gasteiger partial charge < -0.3 is 14.4 Å². The summed E-state index contributed by atoms with van der Waals surface area (Å²) in [6.45, 7) is 3.83. The zero-order valence-electron chi connectivity index (χ0n) is 11.6. The Morgan fingerprint density at radius 3 is 2.67 bits per heavy atom. The van der Waals surface area contributed by atoms with E-state index in [1.807, 2.05) is 18.2 Å². The van der Waals surface area contributed by atoms with Gasteiger partial charge >= 0.3 is 5.97 Å². The van der Waals surface area contributed by atoms with Gasteiger partial charge in [0.05, 0.1) is 12.8 Å². The Morgan fingerprint density at radius 1 is 1.33 bits per heavy atom. The Morgan fingerprint density at radius 2 is 2.05 bits per heavy atom. The van der Waals surface area contributed by atoms with E-state index in [-0.39, 0.29) is 12.1 Å². The second-order valence-corrected chi connectivity index (χ2v) is 4.34. The number of pyridine rings is 1. The van der Waals surface area contributed by atoms with Crippen LogP contribution in [0.5, 0.6) is 5.75 Å². The second kappa shape index (κ2) is 6.09. The predicted molar refractivity (Wildman–Crippen MR) is 79.8 cm³/mol. The zero-order chi connectivity index (χ0) is 15.4. The molecule has 1 aromatic carbocycles. The number of para-hydroxylation sites is 1. The fourth-order valence-electron chi connectivity index (χ4n) is 2.14. The first-order valence-corrected chi connectivity index (χ1v) is 6.31. The number of carboxylic acid groups (broad SMARTS) is 1. The van der Waals surface area contributed by atoms with Crippen molar-refractivity contribution >= 4 is 5.97 Å². The molecule has 2 rings (SSSR count). The van der Waals surface area contributed by atoms with Crippen LogP contribution in [0.25, 0.3) is 11.3 Å². The third-order valence-electron chi connectivity index (χ3n) is 3.10. The zero-order valence-corrected chi connectivity index (χ0v) is 11.6. The molecule has 0 spiro atoms. The summed E-state index contributed by atoms with van der Waals surface area (Å²) in [6.07, 6.45) is 1.55. The number of carbonyl (C=O) groups is 1. The summed E-state index contributed by atoms with van der Waals surface area (Å²) in [5, 5.41) is 9.06. The predicted octanol–water partition coefficient (Wildman–Crippen LogP) is 2.41. The average Bonchev–Trinajstić information content (AvgIpc) is 2.49. The normalized spacial score (nSPS) is 10.1. The molecule has 0 aliphatic rings. The summed E-state index contributed by atoms with van der Waals surface area (Å²) in [7, 11) is 1.54. The number of nitrogens with zero attached hydrogens (tertiary/aromatic N) is 1. The van der Waals surface area contributed by atoms with Crippen molar-refractivity contribution in [3.8, 4) is 17.0 Å². The lowest BCUT2D eigenvalue weighted by Gasteiger charge is -2.14. The number of allylic oxidation sites excluding steroid dienone is 1. The highest BCUT2D eigenvalue weighted by molar-refractivity contribution is 5.87. The summed E-state index contributed by atoms with van der Waals surface area (Å²) >= 11 is 0. The lowest BCUT2D eigenvalue weighted by Crippen LogP contribution is -2.27. The maximum absolute atomic E-state index is 12.3. The smallest absolute Gasteiger partial charge is 0.341 e. The van der Waals surface area contributed by atoms with Gasteiger partial charge in [0.15, 0.2) is 0 Å². The first kappa shape index (κ1) is 14.6. The summed E-state index contributed by atoms with van der Waals surface area (Å²) in [5.74, 6) is -0.637. The number of aromatic carboxylic acids is 1. The number of hydrogen-bond donors (Lipinski definition) is 1. The molecule has 1 aromatic heterocycles. The molecule has 108 valence electrons. The van der Waals surface area contributed by atoms with Crippen LogP contribution in [0.1, 0.15) is 10.4 Å². The Balaban J connectivity index is 2.74. The van der Waals surface area contributed by atoms with Gasteiger partial charge in [-0.2, -0.15) is 0 Å². The number of hydrogen-bond acceptors (Lipinski definition) is 3. The minimum absolute atomic E-state index is 0.216. The van der Waals surface area contributed by atoms with E-state index >= 15 is 0 Å². The molecule has 0 bridgehead atoms. The molecule has 1 heterocycles. The second-order valence-electron chi connectivity index (χ2n) is 4.34. The average molecular weight is 285 g/mol. The van der Waals surface area contributed by atoms with Crippen LogP contribution < -0.4 is 10.3 Å². The molecule has 0 unspecified atom stereocenters. The van der Waals surface area contributed by atoms with E-state index in [0.717, 1.165) is 5.56 Å². The van der Waals surface area contributed by atoms with Gasteiger partial charge in [0, 0.05) is 12.1 Å². The fraction of sp³-hybridized carbons (Fsp3) is 0.125. The molecule has 21 heavy (non-hydrogen) atoms. The van der Waals surface area contributed by atoms with E-state index in [9.17, 15) is 9.59 Å². The lowest BCUT2D eigenvalue weighted by molar-refractivity contribution is 0.0694. The van der Waals surface area contributed by atoms with Crippen molar-refractivity contribution < 1.29 is 14.6 Å². The van der Waals surface area contributed by atoms with Gasteiger partial charge in [0.2, 0.25) is 0 Å². The van der Waals surface area contributed by atoms with E-state index in [4.69, 9.17) is 9.84 Å². The highest BCUT2D eigenvalue weighted by atomic mass is 16.5. The third kappa shape index (κ3) is 2.72. The van der Waals surface area contributed by atoms with Gasteiger partial charge in [-0.05, 0) is 24.3 Å². The fourth-order valence-corrected chi connectivity index (χ4v) is 2.14. The molecule has 0 fully saturated rings. The molecule has 0 saturated carbocycles. The van der Waals surface area contributed by atoms with Gasteiger partial charge in [-0.3, -0.25) is 4.79 Å². The van der Waals surface area contributed by atoms with Crippen LogP contribution in [0.2, 0.25) is 0 Å². The first-order valence-electron chi connectivity index (χ1n) is 6.31. The minimum atomic E-state index is -1.25. The van der Waals surface area contributed by atoms with Crippen LogP contribution in [0, 0.1) is 0 Å². The summed E-state index contributed by atoms with van der Waals surface area (Å²) in [4.78, 5) is 23.4. The van der Waals surface area contributed by atoms with Crippen molar-refractivity contribution in [3.63, 3.8) is 0 Å². The number of methoxy groups -OCH3 is 1. The monoisotopic (exact) mass is 285 g/mol. The lowest BCUT2D eigenvalue weighted by atomic mass is 10.1. The molecule has 0 saturated heterocycles. The van der Waals surface area contributed by atoms with E-state index in [1.165, 1.54) is 10.6 Å². The van der Waals surface area contributed by atoms with Crippen LogP contribution in [-0.2, 0) is 6.54 Å². The SMILES string of the molecule is C=CCn1c(-c2ccccc2OC)ccc(C(=O)O)c1=O. The summed E-state index contributed by atoms with van der Waals surface area (Å²) < 4.78 is 6.66. The molecule has 0 amide bonds. The number of benzene rings is 1. The Labute approximate surface area is 121 Å². The molecule has 0 aliphatic heterocycles. The van der Waals surface area contributed by atoms with Crippen molar-refractivity contribution in [1.82, 2.24) is 4.57 Å². The largest absolute Gasteiger partial charge is 0.496 e. The number of ether oxygens (including phenoxy) is 1. The van der Waals surface area contributed by atoms with E-state index in [1.54, 1.807) is 25.3 Å². The maximum atomic E-state index is 12.3. The maximum Gasteiger partial charge on any atom is 0.341 e. The van der Waals surface area contributed by atoms with Gasteiger partial charge in [0.1, 0.15) is 11.3 Å². The Hall–Kier alpha value is -2.82. The van der Waals surface area contributed by atoms with Gasteiger partial charge in [-0.1, -0.05) is 18.2 Å². The van der Waals surface area contributed by atoms with Crippen molar-refractivity contribution in [2.24, 2.45) is 0 Å². The third-order valence-corrected chi connectivity index (χ3v) is 3.10. The van der Waals surface area contributed by atoms with Crippen LogP contribution in [-0.4, -0.2) is 22.8 Å². The van der Waals surface area contributed by atoms with Crippen LogP contribution in [0.3, 0.4) is 0 Å². The molecule has 5 heteroatoms. The molecule has 5 nitrogen and oxygen atoms in total. The van der Waals surface area contributed by atoms with Crippen molar-refractivity contribution in [2.75, 3.05) is 7.11 Å². The number of aromatic nitrogens is 1. The molecule has 1 N–H and O–H groups in total. The molecular formula is C16H15NO4. The molecular weight excluding hydrogens is 270 g/mol. The van der Waals surface area contributed by atoms with E-state index in [0.29, 0.717) is 11.4 Å². The van der Waals surface area contributed by atoms with Gasteiger partial charge in [-0.15, -0.1) is 6.58 Å². The molecule has 0 radical (unpaired) electrons. The van der Waals surface area contributed by atoms with E-state index in [2.05, 4.69) is 6.58 Å². The molecule has 0 atom stereocenters. The number of carboxylic acids is 1. The van der Waals surface area contributed by atoms with Gasteiger partial charge in [-0.25, -0.2) is 4.79 Å². The number of rotatable bonds is 5. The summed E-state index contributed by atoms with van der Waals surface area (Å²) in [5.41, 5.74) is 0.472. The summed E-state index contributed by atoms with van der Waals surface area (Å²) in [6, 6.07) is 10.2. The minimum Gasteiger partial charge on any atom is -0.496 e. The Kier molecular flexibility index (Phi) is 4.23. The van der Waals surface area contributed by atoms with Crippen molar-refractivity contribution in [1.29, 1.82) is 0 Å². The quantitative estimate of drug-likeness (QED) is 0.857.